The Morgan fingerprint density at radius 3 is 2.29 bits per heavy atom. The Kier molecular flexibility index (Phi) is 1.33. The molecule has 0 unspecified atom stereocenters. The third-order valence-corrected chi connectivity index (χ3v) is 1.57. The van der Waals surface area contributed by atoms with E-state index in [1.165, 1.54) is 13.0 Å². The smallest absolute Gasteiger partial charge is 0.00418 e. The zero-order valence-corrected chi connectivity index (χ0v) is 5.07. The van der Waals surface area contributed by atoms with Crippen LogP contribution < -0.4 is 5.32 Å². The van der Waals surface area contributed by atoms with E-state index in [1.54, 1.807) is 0 Å². The molecule has 1 aliphatic rings. The van der Waals surface area contributed by atoms with E-state index in [0.29, 0.717) is 0 Å². The second kappa shape index (κ2) is 1.83. The van der Waals surface area contributed by atoms with Gasteiger partial charge in [0.25, 0.3) is 0 Å². The summed E-state index contributed by atoms with van der Waals surface area (Å²) in [6.45, 7) is 5.75. The summed E-state index contributed by atoms with van der Waals surface area (Å²) in [6, 6.07) is 0.773. The molecule has 0 saturated carbocycles. The van der Waals surface area contributed by atoms with E-state index in [2.05, 4.69) is 19.2 Å². The Labute approximate surface area is 45.1 Å². The van der Waals surface area contributed by atoms with Crippen LogP contribution >= 0.6 is 0 Å². The molecule has 1 saturated heterocycles. The fraction of sp³-hybridized carbons (Fsp3) is 1.00. The van der Waals surface area contributed by atoms with Crippen molar-refractivity contribution in [1.82, 2.24) is 5.32 Å². The lowest BCUT2D eigenvalue weighted by molar-refractivity contribution is 0.622. The Morgan fingerprint density at radius 1 is 1.43 bits per heavy atom. The molecule has 1 nitrogen and oxygen atoms in total. The van der Waals surface area contributed by atoms with Gasteiger partial charge in [-0.05, 0) is 25.8 Å². The van der Waals surface area contributed by atoms with Gasteiger partial charge in [0.05, 0.1) is 0 Å². The minimum Gasteiger partial charge on any atom is -0.314 e. The van der Waals surface area contributed by atoms with Crippen molar-refractivity contribution in [2.24, 2.45) is 5.92 Å². The van der Waals surface area contributed by atoms with E-state index >= 15 is 0 Å². The summed E-state index contributed by atoms with van der Waals surface area (Å²) in [5, 5.41) is 3.37. The summed E-state index contributed by atoms with van der Waals surface area (Å²) in [5.74, 6) is 0.912. The van der Waals surface area contributed by atoms with Gasteiger partial charge in [0.15, 0.2) is 0 Å². The van der Waals surface area contributed by atoms with Crippen molar-refractivity contribution >= 4 is 0 Å². The molecule has 1 rings (SSSR count). The molecule has 1 aliphatic heterocycles. The molecule has 0 aromatic rings. The molecule has 1 fully saturated rings. The van der Waals surface area contributed by atoms with Crippen molar-refractivity contribution in [3.8, 4) is 0 Å². The predicted molar refractivity (Wildman–Crippen MR) is 31.2 cm³/mol. The van der Waals surface area contributed by atoms with Gasteiger partial charge in [0.1, 0.15) is 0 Å². The maximum absolute atomic E-state index is 3.37. The molecule has 0 radical (unpaired) electrons. The van der Waals surface area contributed by atoms with Gasteiger partial charge in [-0.2, -0.15) is 0 Å². The summed E-state index contributed by atoms with van der Waals surface area (Å²) in [4.78, 5) is 0. The molecule has 0 aliphatic carbocycles. The van der Waals surface area contributed by atoms with Crippen molar-refractivity contribution in [3.05, 3.63) is 0 Å². The van der Waals surface area contributed by atoms with Crippen LogP contribution in [-0.2, 0) is 0 Å². The minimum absolute atomic E-state index is 0.773. The van der Waals surface area contributed by atoms with Gasteiger partial charge in [-0.25, -0.2) is 0 Å². The topological polar surface area (TPSA) is 12.0 Å². The molecular weight excluding hydrogens is 86.1 g/mol. The maximum atomic E-state index is 3.37. The molecule has 0 aromatic carbocycles. The van der Waals surface area contributed by atoms with E-state index in [0.717, 1.165) is 12.0 Å². The van der Waals surface area contributed by atoms with Crippen molar-refractivity contribution in [2.75, 3.05) is 6.54 Å². The summed E-state index contributed by atoms with van der Waals surface area (Å²) in [6.07, 6.45) is 1.36. The molecule has 1 N–H and O–H groups in total. The molecule has 2 atom stereocenters. The Bertz CT molecular complexity index is 53.2. The quantitative estimate of drug-likeness (QED) is 0.478. The Hall–Kier alpha value is -0.0400. The molecule has 0 aromatic heterocycles. The molecule has 1 heterocycles. The van der Waals surface area contributed by atoms with E-state index in [1.807, 2.05) is 0 Å². The van der Waals surface area contributed by atoms with Crippen LogP contribution in [0.1, 0.15) is 20.3 Å². The van der Waals surface area contributed by atoms with Crippen LogP contribution in [-0.4, -0.2) is 12.6 Å². The lowest BCUT2D eigenvalue weighted by atomic mass is 10.1. The van der Waals surface area contributed by atoms with Crippen LogP contribution in [0, 0.1) is 5.92 Å². The molecule has 7 heavy (non-hydrogen) atoms. The van der Waals surface area contributed by atoms with Crippen LogP contribution in [0.2, 0.25) is 0 Å². The maximum Gasteiger partial charge on any atom is 0.00418 e. The molecule has 1 heteroatoms. The standard InChI is InChI=1S/C6H13N/c1-5-3-6(2)7-4-5/h5-7H,3-4H2,1-2H3/t5-,6+/m1/s1. The summed E-state index contributed by atoms with van der Waals surface area (Å²) >= 11 is 0. The molecule has 0 amide bonds. The monoisotopic (exact) mass is 99.1 g/mol. The molecule has 42 valence electrons. The third-order valence-electron chi connectivity index (χ3n) is 1.57. The van der Waals surface area contributed by atoms with E-state index in [-0.39, 0.29) is 0 Å². The first kappa shape index (κ1) is 5.10. The number of hydrogen-bond acceptors (Lipinski definition) is 1. The van der Waals surface area contributed by atoms with E-state index in [4.69, 9.17) is 0 Å². The second-order valence-corrected chi connectivity index (χ2v) is 2.65. The van der Waals surface area contributed by atoms with E-state index in [9.17, 15) is 0 Å². The van der Waals surface area contributed by atoms with E-state index < -0.39 is 0 Å². The van der Waals surface area contributed by atoms with Gasteiger partial charge < -0.3 is 5.32 Å². The third kappa shape index (κ3) is 1.16. The van der Waals surface area contributed by atoms with Crippen LogP contribution in [0.15, 0.2) is 0 Å². The van der Waals surface area contributed by atoms with Gasteiger partial charge in [-0.3, -0.25) is 0 Å². The van der Waals surface area contributed by atoms with Crippen molar-refractivity contribution in [1.29, 1.82) is 0 Å². The van der Waals surface area contributed by atoms with Crippen molar-refractivity contribution in [3.63, 3.8) is 0 Å². The van der Waals surface area contributed by atoms with Gasteiger partial charge in [-0.15, -0.1) is 0 Å². The number of rotatable bonds is 0. The SMILES string of the molecule is C[C@H]1CN[C@@H](C)C1. The number of hydrogen-bond donors (Lipinski definition) is 1. The highest BCUT2D eigenvalue weighted by atomic mass is 14.9. The van der Waals surface area contributed by atoms with Crippen molar-refractivity contribution < 1.29 is 0 Å². The highest BCUT2D eigenvalue weighted by Gasteiger charge is 2.14. The second-order valence-electron chi connectivity index (χ2n) is 2.65. The van der Waals surface area contributed by atoms with Gasteiger partial charge in [0, 0.05) is 6.04 Å². The molecule has 0 bridgehead atoms. The highest BCUT2D eigenvalue weighted by molar-refractivity contribution is 4.74. The van der Waals surface area contributed by atoms with Gasteiger partial charge >= 0.3 is 0 Å². The lowest BCUT2D eigenvalue weighted by Crippen LogP contribution is -2.16. The van der Waals surface area contributed by atoms with Gasteiger partial charge in [0.2, 0.25) is 0 Å². The first-order valence-electron chi connectivity index (χ1n) is 3.02. The Morgan fingerprint density at radius 2 is 2.14 bits per heavy atom. The normalized spacial score (nSPS) is 42.0. The molecule has 0 spiro atoms. The average Bonchev–Trinajstić information content (AvgIpc) is 1.87. The number of nitrogens with one attached hydrogen (secondary N) is 1. The zero-order valence-electron chi connectivity index (χ0n) is 5.07. The minimum atomic E-state index is 0.773. The largest absolute Gasteiger partial charge is 0.314 e. The first-order chi connectivity index (χ1) is 3.29. The fourth-order valence-electron chi connectivity index (χ4n) is 1.17. The van der Waals surface area contributed by atoms with Crippen molar-refractivity contribution in [2.45, 2.75) is 26.3 Å². The first-order valence-corrected chi connectivity index (χ1v) is 3.02. The summed E-state index contributed by atoms with van der Waals surface area (Å²) in [5.41, 5.74) is 0. The fourth-order valence-corrected chi connectivity index (χ4v) is 1.17. The lowest BCUT2D eigenvalue weighted by Gasteiger charge is -1.96. The summed E-state index contributed by atoms with van der Waals surface area (Å²) < 4.78 is 0. The predicted octanol–water partition coefficient (Wildman–Crippen LogP) is 1.00. The summed E-state index contributed by atoms with van der Waals surface area (Å²) in [7, 11) is 0. The highest BCUT2D eigenvalue weighted by Crippen LogP contribution is 2.10. The Balaban J connectivity index is 2.26. The van der Waals surface area contributed by atoms with Crippen LogP contribution in [0.25, 0.3) is 0 Å². The van der Waals surface area contributed by atoms with Crippen LogP contribution in [0.3, 0.4) is 0 Å². The van der Waals surface area contributed by atoms with Crippen LogP contribution in [0.5, 0.6) is 0 Å². The zero-order chi connectivity index (χ0) is 5.28. The van der Waals surface area contributed by atoms with Gasteiger partial charge in [-0.1, -0.05) is 6.92 Å². The molecular formula is C6H13N. The van der Waals surface area contributed by atoms with Crippen LogP contribution in [0.4, 0.5) is 0 Å². The average molecular weight is 99.2 g/mol.